The second kappa shape index (κ2) is 11.9. The monoisotopic (exact) mass is 565 g/mol. The first kappa shape index (κ1) is 25.5. The van der Waals surface area contributed by atoms with Gasteiger partial charge in [0.15, 0.2) is 11.0 Å². The zero-order valence-corrected chi connectivity index (χ0v) is 22.3. The molecule has 0 unspecified atom stereocenters. The molecule has 0 radical (unpaired) electrons. The van der Waals surface area contributed by atoms with Gasteiger partial charge in [0.25, 0.3) is 5.91 Å². The molecule has 0 aliphatic heterocycles. The van der Waals surface area contributed by atoms with Crippen molar-refractivity contribution in [2.75, 3.05) is 20.0 Å². The standard InChI is InChI=1S/C26H24BrN5O3S/c1-17(22-13-12-21(34-2)15-23(22)35-3)28-29-24(33)16-36-26-31-30-25(18-8-7-9-19(27)14-18)32(26)20-10-5-4-6-11-20/h4-15H,16H2,1-3H3,(H,29,33)/b28-17-. The minimum Gasteiger partial charge on any atom is -0.497 e. The van der Waals surface area contributed by atoms with Crippen molar-refractivity contribution in [1.29, 1.82) is 0 Å². The first-order valence-corrected chi connectivity index (χ1v) is 12.7. The number of rotatable bonds is 9. The summed E-state index contributed by atoms with van der Waals surface area (Å²) in [4.78, 5) is 12.6. The summed E-state index contributed by atoms with van der Waals surface area (Å²) in [6, 6.07) is 23.1. The lowest BCUT2D eigenvalue weighted by Gasteiger charge is -2.11. The molecule has 0 aliphatic rings. The van der Waals surface area contributed by atoms with Gasteiger partial charge in [-0.05, 0) is 43.3 Å². The van der Waals surface area contributed by atoms with E-state index >= 15 is 0 Å². The van der Waals surface area contributed by atoms with E-state index in [1.54, 1.807) is 27.2 Å². The quantitative estimate of drug-likeness (QED) is 0.167. The van der Waals surface area contributed by atoms with Crippen LogP contribution in [0.15, 0.2) is 87.5 Å². The molecule has 36 heavy (non-hydrogen) atoms. The van der Waals surface area contributed by atoms with Gasteiger partial charge in [-0.15, -0.1) is 10.2 Å². The second-order valence-electron chi connectivity index (χ2n) is 7.57. The van der Waals surface area contributed by atoms with Crippen molar-refractivity contribution in [3.63, 3.8) is 0 Å². The number of methoxy groups -OCH3 is 2. The van der Waals surface area contributed by atoms with Crippen LogP contribution in [-0.2, 0) is 4.79 Å². The third-order valence-corrected chi connectivity index (χ3v) is 6.63. The molecule has 8 nitrogen and oxygen atoms in total. The lowest BCUT2D eigenvalue weighted by atomic mass is 10.1. The van der Waals surface area contributed by atoms with Crippen LogP contribution >= 0.6 is 27.7 Å². The molecule has 0 fully saturated rings. The molecule has 0 saturated heterocycles. The van der Waals surface area contributed by atoms with Crippen LogP contribution in [0.1, 0.15) is 12.5 Å². The first-order chi connectivity index (χ1) is 17.5. The van der Waals surface area contributed by atoms with E-state index in [1.165, 1.54) is 11.8 Å². The van der Waals surface area contributed by atoms with E-state index in [1.807, 2.05) is 71.3 Å². The lowest BCUT2D eigenvalue weighted by Crippen LogP contribution is -2.21. The predicted molar refractivity (Wildman–Crippen MR) is 145 cm³/mol. The zero-order chi connectivity index (χ0) is 25.5. The minimum absolute atomic E-state index is 0.111. The van der Waals surface area contributed by atoms with Crippen LogP contribution in [0, 0.1) is 0 Å². The molecule has 1 heterocycles. The SMILES string of the molecule is COc1ccc(/C(C)=N\NC(=O)CSc2nnc(-c3cccc(Br)c3)n2-c2ccccc2)c(OC)c1. The molecule has 0 atom stereocenters. The van der Waals surface area contributed by atoms with E-state index in [9.17, 15) is 4.79 Å². The Balaban J connectivity index is 1.51. The van der Waals surface area contributed by atoms with Crippen LogP contribution < -0.4 is 14.9 Å². The van der Waals surface area contributed by atoms with Gasteiger partial charge in [-0.25, -0.2) is 5.43 Å². The van der Waals surface area contributed by atoms with Gasteiger partial charge in [-0.3, -0.25) is 9.36 Å². The van der Waals surface area contributed by atoms with Gasteiger partial charge in [0, 0.05) is 27.4 Å². The Morgan fingerprint density at radius 3 is 2.56 bits per heavy atom. The Morgan fingerprint density at radius 1 is 1.03 bits per heavy atom. The van der Waals surface area contributed by atoms with E-state index in [4.69, 9.17) is 9.47 Å². The van der Waals surface area contributed by atoms with Gasteiger partial charge < -0.3 is 9.47 Å². The van der Waals surface area contributed by atoms with E-state index in [0.29, 0.717) is 28.2 Å². The Kier molecular flexibility index (Phi) is 8.40. The summed E-state index contributed by atoms with van der Waals surface area (Å²) in [6.07, 6.45) is 0. The third-order valence-electron chi connectivity index (χ3n) is 5.21. The lowest BCUT2D eigenvalue weighted by molar-refractivity contribution is -0.118. The number of nitrogens with one attached hydrogen (secondary N) is 1. The molecule has 1 N–H and O–H groups in total. The van der Waals surface area contributed by atoms with Gasteiger partial charge in [0.1, 0.15) is 11.5 Å². The average Bonchev–Trinajstić information content (AvgIpc) is 3.34. The van der Waals surface area contributed by atoms with Gasteiger partial charge in [-0.1, -0.05) is 58.0 Å². The average molecular weight is 566 g/mol. The maximum Gasteiger partial charge on any atom is 0.250 e. The van der Waals surface area contributed by atoms with Crippen molar-refractivity contribution in [1.82, 2.24) is 20.2 Å². The van der Waals surface area contributed by atoms with Gasteiger partial charge >= 0.3 is 0 Å². The van der Waals surface area contributed by atoms with Gasteiger partial charge in [0.2, 0.25) is 0 Å². The minimum atomic E-state index is -0.265. The van der Waals surface area contributed by atoms with Crippen molar-refractivity contribution in [2.45, 2.75) is 12.1 Å². The number of nitrogens with zero attached hydrogens (tertiary/aromatic N) is 4. The molecule has 1 amide bonds. The highest BCUT2D eigenvalue weighted by Gasteiger charge is 2.17. The number of benzene rings is 3. The largest absolute Gasteiger partial charge is 0.497 e. The number of thioether (sulfide) groups is 1. The fraction of sp³-hybridized carbons (Fsp3) is 0.154. The summed E-state index contributed by atoms with van der Waals surface area (Å²) >= 11 is 4.80. The highest BCUT2D eigenvalue weighted by atomic mass is 79.9. The molecule has 0 saturated carbocycles. The van der Waals surface area contributed by atoms with Crippen LogP contribution in [0.5, 0.6) is 11.5 Å². The normalized spacial score (nSPS) is 11.3. The van der Waals surface area contributed by atoms with Crippen molar-refractivity contribution in [3.8, 4) is 28.6 Å². The van der Waals surface area contributed by atoms with Crippen molar-refractivity contribution < 1.29 is 14.3 Å². The number of para-hydroxylation sites is 1. The fourth-order valence-corrected chi connectivity index (χ4v) is 4.60. The topological polar surface area (TPSA) is 90.6 Å². The van der Waals surface area contributed by atoms with E-state index in [-0.39, 0.29) is 11.7 Å². The molecule has 4 rings (SSSR count). The molecule has 0 aliphatic carbocycles. The fourth-order valence-electron chi connectivity index (χ4n) is 3.45. The summed E-state index contributed by atoms with van der Waals surface area (Å²) in [7, 11) is 3.17. The Morgan fingerprint density at radius 2 is 1.83 bits per heavy atom. The first-order valence-electron chi connectivity index (χ1n) is 10.9. The molecule has 3 aromatic carbocycles. The van der Waals surface area contributed by atoms with Crippen molar-refractivity contribution >= 4 is 39.3 Å². The van der Waals surface area contributed by atoms with Crippen LogP contribution in [0.3, 0.4) is 0 Å². The number of carbonyl (C=O) groups is 1. The number of hydrazone groups is 1. The molecule has 4 aromatic rings. The predicted octanol–water partition coefficient (Wildman–Crippen LogP) is 5.35. The smallest absolute Gasteiger partial charge is 0.250 e. The number of hydrogen-bond donors (Lipinski definition) is 1. The zero-order valence-electron chi connectivity index (χ0n) is 19.9. The number of aromatic nitrogens is 3. The number of hydrogen-bond acceptors (Lipinski definition) is 7. The van der Waals surface area contributed by atoms with Crippen LogP contribution in [-0.4, -0.2) is 46.4 Å². The highest BCUT2D eigenvalue weighted by molar-refractivity contribution is 9.10. The molecule has 0 spiro atoms. The second-order valence-corrected chi connectivity index (χ2v) is 9.43. The number of carbonyl (C=O) groups excluding carboxylic acids is 1. The van der Waals surface area contributed by atoms with Crippen molar-refractivity contribution in [2.24, 2.45) is 5.10 Å². The summed E-state index contributed by atoms with van der Waals surface area (Å²) in [6.45, 7) is 1.80. The van der Waals surface area contributed by atoms with E-state index in [2.05, 4.69) is 36.7 Å². The summed E-state index contributed by atoms with van der Waals surface area (Å²) in [5, 5.41) is 13.6. The van der Waals surface area contributed by atoms with Crippen LogP contribution in [0.2, 0.25) is 0 Å². The Labute approximate surface area is 221 Å². The number of halogens is 1. The van der Waals surface area contributed by atoms with Gasteiger partial charge in [0.05, 0.1) is 25.7 Å². The van der Waals surface area contributed by atoms with E-state index in [0.717, 1.165) is 21.3 Å². The Hall–Kier alpha value is -3.63. The van der Waals surface area contributed by atoms with Crippen LogP contribution in [0.4, 0.5) is 0 Å². The van der Waals surface area contributed by atoms with Gasteiger partial charge in [-0.2, -0.15) is 5.10 Å². The molecule has 10 heteroatoms. The summed E-state index contributed by atoms with van der Waals surface area (Å²) in [5.74, 6) is 1.81. The summed E-state index contributed by atoms with van der Waals surface area (Å²) < 4.78 is 13.5. The number of amides is 1. The molecule has 1 aromatic heterocycles. The number of ether oxygens (including phenoxy) is 2. The maximum absolute atomic E-state index is 12.6. The molecule has 184 valence electrons. The maximum atomic E-state index is 12.6. The molecular weight excluding hydrogens is 542 g/mol. The highest BCUT2D eigenvalue weighted by Crippen LogP contribution is 2.29. The Bertz CT molecular complexity index is 1390. The van der Waals surface area contributed by atoms with Crippen LogP contribution in [0.25, 0.3) is 17.1 Å². The van der Waals surface area contributed by atoms with Crippen molar-refractivity contribution in [3.05, 3.63) is 82.8 Å². The molecule has 0 bridgehead atoms. The third kappa shape index (κ3) is 5.95. The summed E-state index contributed by atoms with van der Waals surface area (Å²) in [5.41, 5.74) is 5.79. The molecular formula is C26H24BrN5O3S. The van der Waals surface area contributed by atoms with E-state index < -0.39 is 0 Å².